The maximum absolute atomic E-state index is 5.45. The molecule has 2 rings (SSSR count). The molecule has 0 amide bonds. The van der Waals surface area contributed by atoms with E-state index in [4.69, 9.17) is 4.74 Å². The maximum atomic E-state index is 5.45. The molecule has 0 aromatic carbocycles. The Kier molecular flexibility index (Phi) is 4.32. The fourth-order valence-electron chi connectivity index (χ4n) is 1.77. The molecule has 4 heteroatoms. The van der Waals surface area contributed by atoms with Gasteiger partial charge in [-0.25, -0.2) is 4.98 Å². The van der Waals surface area contributed by atoms with Crippen molar-refractivity contribution < 1.29 is 4.74 Å². The van der Waals surface area contributed by atoms with E-state index in [9.17, 15) is 0 Å². The van der Waals surface area contributed by atoms with Crippen molar-refractivity contribution in [2.24, 2.45) is 5.92 Å². The Balaban J connectivity index is 1.90. The molecular weight excluding hydrogens is 220 g/mol. The number of aromatic nitrogens is 1. The Labute approximate surface area is 101 Å². The molecule has 0 aliphatic carbocycles. The van der Waals surface area contributed by atoms with Crippen molar-refractivity contribution in [3.05, 3.63) is 16.1 Å². The minimum Gasteiger partial charge on any atom is -0.378 e. The van der Waals surface area contributed by atoms with Gasteiger partial charge in [-0.05, 0) is 18.8 Å². The lowest BCUT2D eigenvalue weighted by Crippen LogP contribution is -2.34. The van der Waals surface area contributed by atoms with Crippen molar-refractivity contribution in [2.75, 3.05) is 19.8 Å². The molecule has 1 aliphatic rings. The third-order valence-electron chi connectivity index (χ3n) is 2.78. The summed E-state index contributed by atoms with van der Waals surface area (Å²) in [6.45, 7) is 7.02. The van der Waals surface area contributed by atoms with Crippen LogP contribution in [0.2, 0.25) is 0 Å². The molecule has 1 atom stereocenters. The lowest BCUT2D eigenvalue weighted by Gasteiger charge is -2.22. The highest BCUT2D eigenvalue weighted by molar-refractivity contribution is 7.09. The number of nitrogens with one attached hydrogen (secondary N) is 1. The van der Waals surface area contributed by atoms with E-state index in [1.165, 1.54) is 11.4 Å². The van der Waals surface area contributed by atoms with E-state index in [1.54, 1.807) is 11.3 Å². The fraction of sp³-hybridized carbons (Fsp3) is 0.750. The number of hydrogen-bond donors (Lipinski definition) is 1. The number of morpholine rings is 1. The van der Waals surface area contributed by atoms with E-state index in [1.807, 2.05) is 0 Å². The molecule has 1 unspecified atom stereocenters. The molecule has 0 spiro atoms. The van der Waals surface area contributed by atoms with Crippen LogP contribution in [0, 0.1) is 5.92 Å². The Morgan fingerprint density at radius 3 is 3.19 bits per heavy atom. The summed E-state index contributed by atoms with van der Waals surface area (Å²) in [4.78, 5) is 4.68. The molecule has 1 aromatic rings. The first-order chi connectivity index (χ1) is 7.75. The highest BCUT2D eigenvalue weighted by Gasteiger charge is 2.17. The van der Waals surface area contributed by atoms with E-state index in [2.05, 4.69) is 29.5 Å². The number of thiazole rings is 1. The second-order valence-electron chi connectivity index (χ2n) is 4.68. The van der Waals surface area contributed by atoms with Crippen molar-refractivity contribution in [3.63, 3.8) is 0 Å². The minimum absolute atomic E-state index is 0.304. The first kappa shape index (κ1) is 12.0. The zero-order chi connectivity index (χ0) is 11.4. The van der Waals surface area contributed by atoms with E-state index in [0.29, 0.717) is 6.04 Å². The second-order valence-corrected chi connectivity index (χ2v) is 5.62. The van der Waals surface area contributed by atoms with Crippen LogP contribution < -0.4 is 5.32 Å². The molecule has 1 aliphatic heterocycles. The first-order valence-corrected chi connectivity index (χ1v) is 6.89. The summed E-state index contributed by atoms with van der Waals surface area (Å²) in [7, 11) is 0. The van der Waals surface area contributed by atoms with Crippen LogP contribution in [0.3, 0.4) is 0 Å². The second kappa shape index (κ2) is 5.75. The van der Waals surface area contributed by atoms with Gasteiger partial charge >= 0.3 is 0 Å². The monoisotopic (exact) mass is 240 g/mol. The van der Waals surface area contributed by atoms with E-state index in [-0.39, 0.29) is 0 Å². The SMILES string of the molecule is CC(C)CCc1nc(C2COCCN2)cs1. The molecule has 1 saturated heterocycles. The zero-order valence-electron chi connectivity index (χ0n) is 10.0. The summed E-state index contributed by atoms with van der Waals surface area (Å²) in [6.07, 6.45) is 2.33. The summed E-state index contributed by atoms with van der Waals surface area (Å²) >= 11 is 1.78. The average Bonchev–Trinajstić information content (AvgIpc) is 2.76. The van der Waals surface area contributed by atoms with Crippen LogP contribution in [0.15, 0.2) is 5.38 Å². The summed E-state index contributed by atoms with van der Waals surface area (Å²) in [5.74, 6) is 0.753. The van der Waals surface area contributed by atoms with Crippen molar-refractivity contribution in [1.29, 1.82) is 0 Å². The first-order valence-electron chi connectivity index (χ1n) is 6.01. The van der Waals surface area contributed by atoms with Gasteiger partial charge in [0.05, 0.1) is 30.0 Å². The molecular formula is C12H20N2OS. The van der Waals surface area contributed by atoms with Crippen LogP contribution in [0.25, 0.3) is 0 Å². The summed E-state index contributed by atoms with van der Waals surface area (Å²) in [6, 6.07) is 0.304. The maximum Gasteiger partial charge on any atom is 0.0929 e. The third kappa shape index (κ3) is 3.27. The molecule has 90 valence electrons. The molecule has 0 saturated carbocycles. The van der Waals surface area contributed by atoms with Gasteiger partial charge in [-0.1, -0.05) is 13.8 Å². The van der Waals surface area contributed by atoms with Gasteiger partial charge in [0.1, 0.15) is 0 Å². The van der Waals surface area contributed by atoms with Crippen molar-refractivity contribution >= 4 is 11.3 Å². The van der Waals surface area contributed by atoms with Crippen LogP contribution in [0.4, 0.5) is 0 Å². The number of nitrogens with zero attached hydrogens (tertiary/aromatic N) is 1. The van der Waals surface area contributed by atoms with Gasteiger partial charge in [0.25, 0.3) is 0 Å². The lowest BCUT2D eigenvalue weighted by atomic mass is 10.1. The highest BCUT2D eigenvalue weighted by atomic mass is 32.1. The van der Waals surface area contributed by atoms with E-state index in [0.717, 1.165) is 37.8 Å². The quantitative estimate of drug-likeness (QED) is 0.877. The minimum atomic E-state index is 0.304. The Bertz CT molecular complexity index is 319. The van der Waals surface area contributed by atoms with Crippen molar-refractivity contribution in [3.8, 4) is 0 Å². The van der Waals surface area contributed by atoms with Crippen LogP contribution in [-0.4, -0.2) is 24.7 Å². The van der Waals surface area contributed by atoms with E-state index < -0.39 is 0 Å². The Morgan fingerprint density at radius 1 is 1.62 bits per heavy atom. The average molecular weight is 240 g/mol. The summed E-state index contributed by atoms with van der Waals surface area (Å²) in [5.41, 5.74) is 1.16. The highest BCUT2D eigenvalue weighted by Crippen LogP contribution is 2.20. The molecule has 0 bridgehead atoms. The predicted molar refractivity (Wildman–Crippen MR) is 66.8 cm³/mol. The molecule has 1 aromatic heterocycles. The van der Waals surface area contributed by atoms with Gasteiger partial charge in [-0.15, -0.1) is 11.3 Å². The van der Waals surface area contributed by atoms with Crippen LogP contribution in [0.1, 0.15) is 37.0 Å². The zero-order valence-corrected chi connectivity index (χ0v) is 10.8. The van der Waals surface area contributed by atoms with Gasteiger partial charge in [0, 0.05) is 11.9 Å². The molecule has 16 heavy (non-hydrogen) atoms. The predicted octanol–water partition coefficient (Wildman–Crippen LogP) is 2.39. The molecule has 3 nitrogen and oxygen atoms in total. The van der Waals surface area contributed by atoms with Gasteiger partial charge in [-0.3, -0.25) is 0 Å². The van der Waals surface area contributed by atoms with E-state index >= 15 is 0 Å². The van der Waals surface area contributed by atoms with Crippen molar-refractivity contribution in [1.82, 2.24) is 10.3 Å². The molecule has 1 N–H and O–H groups in total. The van der Waals surface area contributed by atoms with Gasteiger partial charge < -0.3 is 10.1 Å². The van der Waals surface area contributed by atoms with Crippen molar-refractivity contribution in [2.45, 2.75) is 32.7 Å². The standard InChI is InChI=1S/C12H20N2OS/c1-9(2)3-4-12-14-11(8-16-12)10-7-15-6-5-13-10/h8-10,13H,3-7H2,1-2H3. The number of rotatable bonds is 4. The third-order valence-corrected chi connectivity index (χ3v) is 3.71. The van der Waals surface area contributed by atoms with Gasteiger partial charge in [0.2, 0.25) is 0 Å². The molecule has 0 radical (unpaired) electrons. The molecule has 2 heterocycles. The Hall–Kier alpha value is -0.450. The van der Waals surface area contributed by atoms with Gasteiger partial charge in [-0.2, -0.15) is 0 Å². The number of ether oxygens (including phenoxy) is 1. The lowest BCUT2D eigenvalue weighted by molar-refractivity contribution is 0.0757. The van der Waals surface area contributed by atoms with Gasteiger partial charge in [0.15, 0.2) is 0 Å². The number of hydrogen-bond acceptors (Lipinski definition) is 4. The summed E-state index contributed by atoms with van der Waals surface area (Å²) in [5, 5.41) is 6.86. The van der Waals surface area contributed by atoms with Crippen LogP contribution in [-0.2, 0) is 11.2 Å². The number of aryl methyl sites for hydroxylation is 1. The Morgan fingerprint density at radius 2 is 2.50 bits per heavy atom. The topological polar surface area (TPSA) is 34.1 Å². The van der Waals surface area contributed by atoms with Crippen LogP contribution >= 0.6 is 11.3 Å². The molecule has 1 fully saturated rings. The largest absolute Gasteiger partial charge is 0.378 e. The van der Waals surface area contributed by atoms with Crippen LogP contribution in [0.5, 0.6) is 0 Å². The smallest absolute Gasteiger partial charge is 0.0929 e. The fourth-order valence-corrected chi connectivity index (χ4v) is 2.64. The summed E-state index contributed by atoms with van der Waals surface area (Å²) < 4.78 is 5.45. The normalized spacial score (nSPS) is 21.6.